The third-order valence-corrected chi connectivity index (χ3v) is 10.3. The quantitative estimate of drug-likeness (QED) is 0.470. The number of benzene rings is 2. The van der Waals surface area contributed by atoms with Crippen molar-refractivity contribution >= 4 is 56.1 Å². The van der Waals surface area contributed by atoms with Crippen LogP contribution in [0.1, 0.15) is 17.5 Å². The maximum atomic E-state index is 13.3. The molecule has 1 fully saturated rings. The van der Waals surface area contributed by atoms with Gasteiger partial charge in [0, 0.05) is 30.1 Å². The summed E-state index contributed by atoms with van der Waals surface area (Å²) >= 11 is 8.95. The second-order valence-electron chi connectivity index (χ2n) is 8.54. The van der Waals surface area contributed by atoms with E-state index in [1.54, 1.807) is 6.07 Å². The van der Waals surface area contributed by atoms with Gasteiger partial charge in [-0.25, -0.2) is 8.42 Å². The lowest BCUT2D eigenvalue weighted by Crippen LogP contribution is -2.50. The Morgan fingerprint density at radius 3 is 2.37 bits per heavy atom. The first-order chi connectivity index (χ1) is 16.8. The number of halogens is 1. The number of hydrogen-bond donors (Lipinski definition) is 2. The molecule has 10 heteroatoms. The van der Waals surface area contributed by atoms with Crippen LogP contribution in [0, 0.1) is 0 Å². The topological polar surface area (TPSA) is 86.7 Å². The maximum Gasteiger partial charge on any atom is 0.262 e. The Bertz CT molecular complexity index is 1370. The first-order valence-corrected chi connectivity index (χ1v) is 15.0. The number of sulfone groups is 1. The summed E-state index contributed by atoms with van der Waals surface area (Å²) in [6, 6.07) is 16.9. The average molecular weight is 547 g/mol. The molecule has 0 spiro atoms. The van der Waals surface area contributed by atoms with Crippen LogP contribution < -0.4 is 10.2 Å². The summed E-state index contributed by atoms with van der Waals surface area (Å²) in [5.74, 6) is -0.0621. The number of hydrogen-bond acceptors (Lipinski definition) is 7. The molecule has 35 heavy (non-hydrogen) atoms. The van der Waals surface area contributed by atoms with Gasteiger partial charge in [-0.1, -0.05) is 47.6 Å². The van der Waals surface area contributed by atoms with E-state index in [-0.39, 0.29) is 34.5 Å². The Labute approximate surface area is 217 Å². The van der Waals surface area contributed by atoms with Crippen LogP contribution in [-0.2, 0) is 20.2 Å². The fourth-order valence-corrected chi connectivity index (χ4v) is 7.50. The van der Waals surface area contributed by atoms with Crippen molar-refractivity contribution in [3.8, 4) is 0 Å². The van der Waals surface area contributed by atoms with Crippen LogP contribution in [0.15, 0.2) is 80.9 Å². The number of thiophene rings is 1. The lowest BCUT2D eigenvalue weighted by Gasteiger charge is -2.39. The molecule has 2 aliphatic heterocycles. The molecule has 0 bridgehead atoms. The highest BCUT2D eigenvalue weighted by molar-refractivity contribution is 8.04. The molecule has 2 aromatic carbocycles. The Morgan fingerprint density at radius 2 is 1.74 bits per heavy atom. The van der Waals surface area contributed by atoms with Crippen molar-refractivity contribution in [3.63, 3.8) is 0 Å². The second kappa shape index (κ2) is 9.54. The monoisotopic (exact) mass is 546 g/mol. The molecule has 1 atom stereocenters. The molecular formula is C25H23ClN2O4S3. The lowest BCUT2D eigenvalue weighted by atomic mass is 9.79. The zero-order valence-electron chi connectivity index (χ0n) is 18.6. The van der Waals surface area contributed by atoms with E-state index in [4.69, 9.17) is 11.6 Å². The summed E-state index contributed by atoms with van der Waals surface area (Å²) in [6.07, 6.45) is 0.198. The molecule has 182 valence electrons. The van der Waals surface area contributed by atoms with Gasteiger partial charge in [0.15, 0.2) is 9.84 Å². The first-order valence-electron chi connectivity index (χ1n) is 11.0. The minimum absolute atomic E-state index is 0.00943. The number of carbonyl (C=O) groups is 1. The van der Waals surface area contributed by atoms with Gasteiger partial charge in [-0.2, -0.15) is 11.3 Å². The van der Waals surface area contributed by atoms with Gasteiger partial charge < -0.3 is 15.3 Å². The van der Waals surface area contributed by atoms with E-state index in [0.29, 0.717) is 23.0 Å². The van der Waals surface area contributed by atoms with Gasteiger partial charge in [-0.15, -0.1) is 0 Å². The van der Waals surface area contributed by atoms with Crippen LogP contribution in [0.5, 0.6) is 0 Å². The molecule has 1 aromatic heterocycles. The lowest BCUT2D eigenvalue weighted by molar-refractivity contribution is -0.119. The molecule has 3 aromatic rings. The van der Waals surface area contributed by atoms with Crippen molar-refractivity contribution in [1.29, 1.82) is 0 Å². The first kappa shape index (κ1) is 24.2. The number of rotatable bonds is 5. The van der Waals surface area contributed by atoms with Gasteiger partial charge >= 0.3 is 0 Å². The molecule has 2 N–H and O–H groups in total. The number of amides is 1. The molecule has 0 saturated carbocycles. The molecule has 1 amide bonds. The predicted octanol–water partition coefficient (Wildman–Crippen LogP) is 4.96. The van der Waals surface area contributed by atoms with Crippen molar-refractivity contribution in [3.05, 3.63) is 92.2 Å². The van der Waals surface area contributed by atoms with E-state index in [1.807, 2.05) is 59.3 Å². The van der Waals surface area contributed by atoms with Gasteiger partial charge in [0.1, 0.15) is 10.7 Å². The number of nitrogens with one attached hydrogen (secondary N) is 1. The third kappa shape index (κ3) is 4.82. The van der Waals surface area contributed by atoms with Crippen LogP contribution in [0.25, 0.3) is 0 Å². The highest BCUT2D eigenvalue weighted by Gasteiger charge is 2.43. The van der Waals surface area contributed by atoms with Crippen LogP contribution in [0.4, 0.5) is 5.69 Å². The number of thioether (sulfide) groups is 1. The zero-order valence-corrected chi connectivity index (χ0v) is 21.8. The Balaban J connectivity index is 1.47. The summed E-state index contributed by atoms with van der Waals surface area (Å²) in [6.45, 7) is 0.917. The summed E-state index contributed by atoms with van der Waals surface area (Å²) < 4.78 is 23.6. The van der Waals surface area contributed by atoms with Crippen molar-refractivity contribution in [2.75, 3.05) is 29.5 Å². The largest absolute Gasteiger partial charge is 0.511 e. The van der Waals surface area contributed by atoms with E-state index in [1.165, 1.54) is 11.3 Å². The molecule has 5 rings (SSSR count). The molecule has 0 radical (unpaired) electrons. The Hall–Kier alpha value is -2.46. The van der Waals surface area contributed by atoms with E-state index in [2.05, 4.69) is 10.2 Å². The van der Waals surface area contributed by atoms with E-state index in [9.17, 15) is 18.3 Å². The average Bonchev–Trinajstić information content (AvgIpc) is 3.38. The molecule has 1 saturated heterocycles. The molecule has 2 aliphatic rings. The molecule has 1 unspecified atom stereocenters. The van der Waals surface area contributed by atoms with Crippen molar-refractivity contribution in [2.24, 2.45) is 0 Å². The molecule has 3 heterocycles. The van der Waals surface area contributed by atoms with E-state index in [0.717, 1.165) is 28.6 Å². The zero-order chi connectivity index (χ0) is 24.6. The summed E-state index contributed by atoms with van der Waals surface area (Å²) in [4.78, 5) is 16.3. The van der Waals surface area contributed by atoms with Crippen molar-refractivity contribution in [1.82, 2.24) is 5.32 Å². The number of nitrogens with zero attached hydrogens (tertiary/aromatic N) is 1. The maximum absolute atomic E-state index is 13.3. The molecular weight excluding hydrogens is 524 g/mol. The minimum Gasteiger partial charge on any atom is -0.511 e. The molecule has 0 aliphatic carbocycles. The number of anilines is 1. The van der Waals surface area contributed by atoms with Crippen LogP contribution in [-0.4, -0.2) is 44.0 Å². The standard InChI is InChI=1S/C25H23ClN2O4S3/c26-20-3-1-2-4-22(20)34-23-21(29)15-25(27-24(23)30,18-9-12-33-16-18)17-5-7-19(8-6-17)28-10-13-35(31,32)14-11-28/h1-9,12,16,29H,10-11,13-15H2,(H,27,30). The fourth-order valence-electron chi connectivity index (χ4n) is 4.45. The van der Waals surface area contributed by atoms with Gasteiger partial charge in [0.05, 0.1) is 22.1 Å². The Morgan fingerprint density at radius 1 is 1.03 bits per heavy atom. The predicted molar refractivity (Wildman–Crippen MR) is 142 cm³/mol. The van der Waals surface area contributed by atoms with Crippen LogP contribution in [0.3, 0.4) is 0 Å². The minimum atomic E-state index is -2.96. The van der Waals surface area contributed by atoms with Crippen LogP contribution in [0.2, 0.25) is 5.02 Å². The van der Waals surface area contributed by atoms with E-state index < -0.39 is 15.4 Å². The van der Waals surface area contributed by atoms with Crippen LogP contribution >= 0.6 is 34.7 Å². The highest BCUT2D eigenvalue weighted by atomic mass is 35.5. The van der Waals surface area contributed by atoms with Gasteiger partial charge in [0.2, 0.25) is 0 Å². The van der Waals surface area contributed by atoms with Crippen molar-refractivity contribution < 1.29 is 18.3 Å². The smallest absolute Gasteiger partial charge is 0.262 e. The normalized spacial score (nSPS) is 22.2. The van der Waals surface area contributed by atoms with Gasteiger partial charge in [-0.3, -0.25) is 4.79 Å². The second-order valence-corrected chi connectivity index (χ2v) is 13.1. The fraction of sp³-hybridized carbons (Fsp3) is 0.240. The number of aliphatic hydroxyl groups excluding tert-OH is 1. The number of carbonyl (C=O) groups excluding carboxylic acids is 1. The SMILES string of the molecule is O=C1NC(c2ccc(N3CCS(=O)(=O)CC3)cc2)(c2ccsc2)CC(O)=C1Sc1ccccc1Cl. The highest BCUT2D eigenvalue weighted by Crippen LogP contribution is 2.44. The summed E-state index contributed by atoms with van der Waals surface area (Å²) in [5, 5.41) is 18.7. The Kier molecular flexibility index (Phi) is 6.61. The van der Waals surface area contributed by atoms with E-state index >= 15 is 0 Å². The molecule has 6 nitrogen and oxygen atoms in total. The summed E-state index contributed by atoms with van der Waals surface area (Å²) in [5.41, 5.74) is 1.74. The van der Waals surface area contributed by atoms with Crippen molar-refractivity contribution in [2.45, 2.75) is 16.9 Å². The summed E-state index contributed by atoms with van der Waals surface area (Å²) in [7, 11) is -2.96. The van der Waals surface area contributed by atoms with Gasteiger partial charge in [-0.05, 0) is 52.2 Å². The third-order valence-electron chi connectivity index (χ3n) is 6.36. The van der Waals surface area contributed by atoms with Gasteiger partial charge in [0.25, 0.3) is 5.91 Å². The number of aliphatic hydroxyl groups is 1.